The van der Waals surface area contributed by atoms with Gasteiger partial charge in [-0.15, -0.1) is 0 Å². The summed E-state index contributed by atoms with van der Waals surface area (Å²) in [5, 5.41) is 6.29. The van der Waals surface area contributed by atoms with Crippen LogP contribution in [0.4, 0.5) is 5.69 Å². The van der Waals surface area contributed by atoms with Crippen molar-refractivity contribution in [2.24, 2.45) is 5.92 Å². The van der Waals surface area contributed by atoms with Gasteiger partial charge in [0.1, 0.15) is 0 Å². The summed E-state index contributed by atoms with van der Waals surface area (Å²) < 4.78 is 10.9. The van der Waals surface area contributed by atoms with E-state index in [-0.39, 0.29) is 12.2 Å². The Morgan fingerprint density at radius 2 is 2.00 bits per heavy atom. The highest BCUT2D eigenvalue weighted by molar-refractivity contribution is 5.90. The number of anilines is 1. The number of ether oxygens (including phenoxy) is 2. The zero-order chi connectivity index (χ0) is 14.5. The Morgan fingerprint density at radius 1 is 1.24 bits per heavy atom. The van der Waals surface area contributed by atoms with Gasteiger partial charge in [-0.2, -0.15) is 0 Å². The van der Waals surface area contributed by atoms with Crippen LogP contribution in [-0.2, 0) is 14.3 Å². The third-order valence-electron chi connectivity index (χ3n) is 3.96. The molecular formula is C16H22N2O3. The van der Waals surface area contributed by atoms with Crippen molar-refractivity contribution in [1.82, 2.24) is 5.32 Å². The fourth-order valence-electron chi connectivity index (χ4n) is 2.85. The Morgan fingerprint density at radius 3 is 2.67 bits per heavy atom. The SMILES string of the molecule is O=C(CC1CCCNC1)Nc1ccc(C2OCCO2)cc1. The van der Waals surface area contributed by atoms with Crippen LogP contribution in [0.25, 0.3) is 0 Å². The molecule has 3 rings (SSSR count). The van der Waals surface area contributed by atoms with Gasteiger partial charge in [0.2, 0.25) is 5.91 Å². The lowest BCUT2D eigenvalue weighted by molar-refractivity contribution is -0.117. The number of benzene rings is 1. The highest BCUT2D eigenvalue weighted by atomic mass is 16.7. The summed E-state index contributed by atoms with van der Waals surface area (Å²) in [7, 11) is 0. The van der Waals surface area contributed by atoms with Gasteiger partial charge in [0.15, 0.2) is 6.29 Å². The molecule has 2 heterocycles. The molecule has 0 bridgehead atoms. The molecule has 21 heavy (non-hydrogen) atoms. The molecule has 1 aromatic carbocycles. The summed E-state index contributed by atoms with van der Waals surface area (Å²) in [6.45, 7) is 3.30. The molecule has 1 unspecified atom stereocenters. The molecule has 0 radical (unpaired) electrons. The van der Waals surface area contributed by atoms with Gasteiger partial charge in [0, 0.05) is 17.7 Å². The van der Waals surface area contributed by atoms with Crippen molar-refractivity contribution in [3.8, 4) is 0 Å². The molecule has 1 amide bonds. The van der Waals surface area contributed by atoms with E-state index in [1.165, 1.54) is 0 Å². The van der Waals surface area contributed by atoms with E-state index >= 15 is 0 Å². The first kappa shape index (κ1) is 14.5. The maximum absolute atomic E-state index is 12.0. The number of hydrogen-bond donors (Lipinski definition) is 2. The largest absolute Gasteiger partial charge is 0.346 e. The number of carbonyl (C=O) groups excluding carboxylic acids is 1. The summed E-state index contributed by atoms with van der Waals surface area (Å²) in [5.74, 6) is 0.545. The average molecular weight is 290 g/mol. The zero-order valence-corrected chi connectivity index (χ0v) is 12.1. The molecule has 5 heteroatoms. The Kier molecular flexibility index (Phi) is 4.85. The van der Waals surface area contributed by atoms with Crippen molar-refractivity contribution >= 4 is 11.6 Å². The van der Waals surface area contributed by atoms with Crippen LogP contribution in [0.2, 0.25) is 0 Å². The molecule has 1 atom stereocenters. The lowest BCUT2D eigenvalue weighted by atomic mass is 9.96. The van der Waals surface area contributed by atoms with E-state index in [2.05, 4.69) is 10.6 Å². The summed E-state index contributed by atoms with van der Waals surface area (Å²) in [4.78, 5) is 12.0. The molecule has 2 fully saturated rings. The van der Waals surface area contributed by atoms with E-state index in [1.54, 1.807) is 0 Å². The average Bonchev–Trinajstić information content (AvgIpc) is 3.03. The third-order valence-corrected chi connectivity index (χ3v) is 3.96. The van der Waals surface area contributed by atoms with Crippen LogP contribution in [0, 0.1) is 5.92 Å². The second kappa shape index (κ2) is 7.02. The Bertz CT molecular complexity index is 463. The van der Waals surface area contributed by atoms with Crippen LogP contribution >= 0.6 is 0 Å². The normalized spacial score (nSPS) is 23.1. The third kappa shape index (κ3) is 4.03. The van der Waals surface area contributed by atoms with Crippen LogP contribution in [0.5, 0.6) is 0 Å². The monoisotopic (exact) mass is 290 g/mol. The minimum atomic E-state index is -0.261. The Labute approximate surface area is 125 Å². The van der Waals surface area contributed by atoms with E-state index in [4.69, 9.17) is 9.47 Å². The molecule has 5 nitrogen and oxygen atoms in total. The molecular weight excluding hydrogens is 268 g/mol. The fourth-order valence-corrected chi connectivity index (χ4v) is 2.85. The number of amides is 1. The van der Waals surface area contributed by atoms with Crippen molar-refractivity contribution in [3.63, 3.8) is 0 Å². The molecule has 2 N–H and O–H groups in total. The van der Waals surface area contributed by atoms with Crippen molar-refractivity contribution in [1.29, 1.82) is 0 Å². The Balaban J connectivity index is 1.50. The zero-order valence-electron chi connectivity index (χ0n) is 12.1. The highest BCUT2D eigenvalue weighted by Gasteiger charge is 2.19. The minimum absolute atomic E-state index is 0.0878. The summed E-state index contributed by atoms with van der Waals surface area (Å²) >= 11 is 0. The second-order valence-corrected chi connectivity index (χ2v) is 5.66. The van der Waals surface area contributed by atoms with Crippen molar-refractivity contribution in [2.75, 3.05) is 31.6 Å². The smallest absolute Gasteiger partial charge is 0.224 e. The van der Waals surface area contributed by atoms with E-state index in [0.717, 1.165) is 37.2 Å². The first-order valence-electron chi connectivity index (χ1n) is 7.65. The van der Waals surface area contributed by atoms with Gasteiger partial charge >= 0.3 is 0 Å². The lowest BCUT2D eigenvalue weighted by Gasteiger charge is -2.22. The van der Waals surface area contributed by atoms with Gasteiger partial charge in [0.25, 0.3) is 0 Å². The molecule has 1 aromatic rings. The number of nitrogens with one attached hydrogen (secondary N) is 2. The van der Waals surface area contributed by atoms with Crippen molar-refractivity contribution in [2.45, 2.75) is 25.6 Å². The van der Waals surface area contributed by atoms with Gasteiger partial charge in [-0.25, -0.2) is 0 Å². The minimum Gasteiger partial charge on any atom is -0.346 e. The van der Waals surface area contributed by atoms with Crippen LogP contribution in [0.15, 0.2) is 24.3 Å². The van der Waals surface area contributed by atoms with E-state index < -0.39 is 0 Å². The van der Waals surface area contributed by atoms with Crippen LogP contribution in [0.1, 0.15) is 31.1 Å². The summed E-state index contributed by atoms with van der Waals surface area (Å²) in [5.41, 5.74) is 1.81. The molecule has 2 aliphatic heterocycles. The first-order chi connectivity index (χ1) is 10.3. The fraction of sp³-hybridized carbons (Fsp3) is 0.562. The van der Waals surface area contributed by atoms with Crippen molar-refractivity contribution < 1.29 is 14.3 Å². The molecule has 2 aliphatic rings. The standard InChI is InChI=1S/C16H22N2O3/c19-15(10-12-2-1-7-17-11-12)18-14-5-3-13(4-6-14)16-20-8-9-21-16/h3-6,12,16-17H,1-2,7-11H2,(H,18,19). The highest BCUT2D eigenvalue weighted by Crippen LogP contribution is 2.24. The van der Waals surface area contributed by atoms with Crippen molar-refractivity contribution in [3.05, 3.63) is 29.8 Å². The van der Waals surface area contributed by atoms with E-state index in [9.17, 15) is 4.79 Å². The van der Waals surface area contributed by atoms with Crippen LogP contribution in [-0.4, -0.2) is 32.2 Å². The molecule has 0 spiro atoms. The van der Waals surface area contributed by atoms with Gasteiger partial charge in [-0.05, 0) is 44.0 Å². The first-order valence-corrected chi connectivity index (χ1v) is 7.65. The lowest BCUT2D eigenvalue weighted by Crippen LogP contribution is -2.32. The predicted octanol–water partition coefficient (Wildman–Crippen LogP) is 2.06. The number of piperidine rings is 1. The molecule has 2 saturated heterocycles. The topological polar surface area (TPSA) is 59.6 Å². The van der Waals surface area contributed by atoms with Gasteiger partial charge in [0.05, 0.1) is 13.2 Å². The Hall–Kier alpha value is -1.43. The van der Waals surface area contributed by atoms with Crippen LogP contribution in [0.3, 0.4) is 0 Å². The molecule has 0 aromatic heterocycles. The quantitative estimate of drug-likeness (QED) is 0.891. The maximum Gasteiger partial charge on any atom is 0.224 e. The molecule has 0 saturated carbocycles. The van der Waals surface area contributed by atoms with Crippen LogP contribution < -0.4 is 10.6 Å². The number of hydrogen-bond acceptors (Lipinski definition) is 4. The van der Waals surface area contributed by atoms with Gasteiger partial charge in [-0.3, -0.25) is 4.79 Å². The molecule has 0 aliphatic carbocycles. The summed E-state index contributed by atoms with van der Waals surface area (Å²) in [6.07, 6.45) is 2.62. The summed E-state index contributed by atoms with van der Waals surface area (Å²) in [6, 6.07) is 7.68. The van der Waals surface area contributed by atoms with E-state index in [0.29, 0.717) is 25.6 Å². The number of carbonyl (C=O) groups is 1. The van der Waals surface area contributed by atoms with Gasteiger partial charge < -0.3 is 20.1 Å². The number of rotatable bonds is 4. The second-order valence-electron chi connectivity index (χ2n) is 5.66. The predicted molar refractivity (Wildman–Crippen MR) is 79.9 cm³/mol. The van der Waals surface area contributed by atoms with E-state index in [1.807, 2.05) is 24.3 Å². The maximum atomic E-state index is 12.0. The molecule has 114 valence electrons. The van der Waals surface area contributed by atoms with Gasteiger partial charge in [-0.1, -0.05) is 12.1 Å².